The fraction of sp³-hybridized carbons (Fsp3) is 0.0149. The minimum Gasteiger partial charge on any atom is -0.454 e. The Morgan fingerprint density at radius 3 is 1.53 bits per heavy atom. The van der Waals surface area contributed by atoms with E-state index in [0.717, 1.165) is 117 Å². The maximum absolute atomic E-state index is 10.6. The number of nitrogens with zero attached hydrogens (tertiary/aromatic N) is 4. The van der Waals surface area contributed by atoms with E-state index < -0.39 is 0 Å². The van der Waals surface area contributed by atoms with Crippen LogP contribution in [0.2, 0.25) is 0 Å². The second-order valence-corrected chi connectivity index (χ2v) is 18.6. The number of furan rings is 1. The topological polar surface area (TPSA) is 67.2 Å². The number of benzene rings is 12. The van der Waals surface area contributed by atoms with E-state index in [2.05, 4.69) is 174 Å². The maximum Gasteiger partial charge on any atom is 0.159 e. The SMILES string of the molecule is N#Cc1cc(-c2ccccc2)cc(N(c2cccc3c2Cc2ccccc2-3)c2ccc3ccc4c(N(c5cc(C#N)cc(-c6ccccc6)c5)c5cccc6c5oc5ccccc56)ccc5ccc2c3c54)c1. The Hall–Kier alpha value is -9.94. The van der Waals surface area contributed by atoms with Gasteiger partial charge >= 0.3 is 0 Å². The van der Waals surface area contributed by atoms with Crippen LogP contribution in [-0.4, -0.2) is 0 Å². The van der Waals surface area contributed by atoms with Crippen molar-refractivity contribution in [1.29, 1.82) is 10.5 Å². The third-order valence-corrected chi connectivity index (χ3v) is 14.6. The summed E-state index contributed by atoms with van der Waals surface area (Å²) < 4.78 is 6.80. The summed E-state index contributed by atoms with van der Waals surface area (Å²) in [5, 5.41) is 29.9. The predicted molar refractivity (Wildman–Crippen MR) is 295 cm³/mol. The molecule has 0 amide bonds. The summed E-state index contributed by atoms with van der Waals surface area (Å²) in [6, 6.07) is 85.7. The first-order chi connectivity index (χ1) is 35.6. The molecule has 72 heavy (non-hydrogen) atoms. The summed E-state index contributed by atoms with van der Waals surface area (Å²) >= 11 is 0. The smallest absolute Gasteiger partial charge is 0.159 e. The van der Waals surface area contributed by atoms with Gasteiger partial charge < -0.3 is 14.2 Å². The van der Waals surface area contributed by atoms with Gasteiger partial charge in [-0.05, 0) is 133 Å². The molecule has 334 valence electrons. The molecule has 0 N–H and O–H groups in total. The minimum absolute atomic E-state index is 0.557. The van der Waals surface area contributed by atoms with Gasteiger partial charge in [-0.25, -0.2) is 0 Å². The monoisotopic (exact) mass is 916 g/mol. The van der Waals surface area contributed by atoms with Crippen molar-refractivity contribution in [2.45, 2.75) is 6.42 Å². The molecule has 0 atom stereocenters. The quantitative estimate of drug-likeness (QED) is 0.142. The van der Waals surface area contributed by atoms with E-state index in [0.29, 0.717) is 11.1 Å². The molecule has 5 nitrogen and oxygen atoms in total. The van der Waals surface area contributed by atoms with Crippen molar-refractivity contribution in [1.82, 2.24) is 0 Å². The Bertz CT molecular complexity index is 4410. The van der Waals surface area contributed by atoms with Gasteiger partial charge in [0.2, 0.25) is 0 Å². The van der Waals surface area contributed by atoms with Crippen molar-refractivity contribution >= 4 is 88.4 Å². The first-order valence-electron chi connectivity index (χ1n) is 24.2. The predicted octanol–water partition coefficient (Wildman–Crippen LogP) is 18.1. The zero-order valence-corrected chi connectivity index (χ0v) is 38.8. The average molecular weight is 917 g/mol. The van der Waals surface area contributed by atoms with E-state index in [9.17, 15) is 10.5 Å². The van der Waals surface area contributed by atoms with Crippen molar-refractivity contribution in [3.63, 3.8) is 0 Å². The molecule has 14 rings (SSSR count). The van der Waals surface area contributed by atoms with Crippen LogP contribution in [0.15, 0.2) is 235 Å². The average Bonchev–Trinajstić information content (AvgIpc) is 4.03. The molecule has 5 heteroatoms. The van der Waals surface area contributed by atoms with Crippen LogP contribution in [0.1, 0.15) is 22.3 Å². The van der Waals surface area contributed by atoms with Crippen molar-refractivity contribution in [2.24, 2.45) is 0 Å². The van der Waals surface area contributed by atoms with E-state index in [4.69, 9.17) is 4.42 Å². The lowest BCUT2D eigenvalue weighted by molar-refractivity contribution is 0.669. The molecule has 0 fully saturated rings. The normalized spacial score (nSPS) is 11.8. The highest BCUT2D eigenvalue weighted by Crippen LogP contribution is 2.52. The highest BCUT2D eigenvalue weighted by atomic mass is 16.3. The van der Waals surface area contributed by atoms with Crippen molar-refractivity contribution in [3.8, 4) is 45.5 Å². The summed E-state index contributed by atoms with van der Waals surface area (Å²) in [7, 11) is 0. The van der Waals surface area contributed by atoms with E-state index in [1.807, 2.05) is 78.9 Å². The molecule has 13 aromatic rings. The Morgan fingerprint density at radius 2 is 0.889 bits per heavy atom. The van der Waals surface area contributed by atoms with E-state index in [-0.39, 0.29) is 0 Å². The summed E-state index contributed by atoms with van der Waals surface area (Å²) in [5.41, 5.74) is 17.4. The number of hydrogen-bond acceptors (Lipinski definition) is 5. The Labute approximate surface area is 415 Å². The summed E-state index contributed by atoms with van der Waals surface area (Å²) in [5.74, 6) is 0. The third-order valence-electron chi connectivity index (χ3n) is 14.6. The summed E-state index contributed by atoms with van der Waals surface area (Å²) in [4.78, 5) is 4.67. The van der Waals surface area contributed by atoms with Crippen LogP contribution in [0.5, 0.6) is 0 Å². The number of rotatable bonds is 8. The standard InChI is InChI=1S/C67H40N4O/c68-40-42-33-49(44-13-3-1-4-14-44)37-51(35-42)70(60-22-11-20-54-53-18-8-7-17-48(53)39-59(54)60)61-31-27-46-26-30-58-62(32-28-47-25-29-57(61)65(46)66(47)58)71(52-36-43(41-69)34-50(38-52)45-15-5-2-6-16-45)63-23-12-21-56-55-19-9-10-24-64(55)72-67(56)63/h1-38H,39H2. The van der Waals surface area contributed by atoms with Crippen LogP contribution >= 0.6 is 0 Å². The maximum atomic E-state index is 10.6. The number of hydrogen-bond donors (Lipinski definition) is 0. The van der Waals surface area contributed by atoms with Crippen molar-refractivity contribution in [2.75, 3.05) is 9.80 Å². The molecule has 1 aliphatic carbocycles. The molecule has 0 saturated heterocycles. The van der Waals surface area contributed by atoms with Gasteiger partial charge in [-0.3, -0.25) is 0 Å². The minimum atomic E-state index is 0.557. The lowest BCUT2D eigenvalue weighted by atomic mass is 9.91. The number of fused-ring (bicyclic) bond motifs is 6. The molecule has 0 spiro atoms. The molecular weight excluding hydrogens is 877 g/mol. The van der Waals surface area contributed by atoms with E-state index in [1.54, 1.807) is 0 Å². The largest absolute Gasteiger partial charge is 0.454 e. The summed E-state index contributed by atoms with van der Waals surface area (Å²) in [6.45, 7) is 0. The Morgan fingerprint density at radius 1 is 0.375 bits per heavy atom. The molecule has 0 saturated carbocycles. The van der Waals surface area contributed by atoms with Gasteiger partial charge in [0, 0.05) is 39.3 Å². The second-order valence-electron chi connectivity index (χ2n) is 18.6. The van der Waals surface area contributed by atoms with Crippen LogP contribution in [-0.2, 0) is 6.42 Å². The van der Waals surface area contributed by atoms with Gasteiger partial charge in [-0.15, -0.1) is 0 Å². The molecule has 1 heterocycles. The van der Waals surface area contributed by atoms with Gasteiger partial charge in [0.15, 0.2) is 5.58 Å². The van der Waals surface area contributed by atoms with Gasteiger partial charge in [0.25, 0.3) is 0 Å². The molecule has 1 aromatic heterocycles. The Balaban J connectivity index is 1.04. The van der Waals surface area contributed by atoms with Crippen molar-refractivity contribution in [3.05, 3.63) is 253 Å². The lowest BCUT2D eigenvalue weighted by Crippen LogP contribution is -2.13. The van der Waals surface area contributed by atoms with Crippen LogP contribution in [0, 0.1) is 22.7 Å². The van der Waals surface area contributed by atoms with Crippen LogP contribution in [0.25, 0.3) is 87.6 Å². The molecule has 12 aromatic carbocycles. The lowest BCUT2D eigenvalue weighted by Gasteiger charge is -2.31. The van der Waals surface area contributed by atoms with Crippen LogP contribution < -0.4 is 9.80 Å². The van der Waals surface area contributed by atoms with Crippen molar-refractivity contribution < 1.29 is 4.42 Å². The first kappa shape index (κ1) is 41.1. The number of anilines is 6. The third kappa shape index (κ3) is 6.46. The molecule has 1 aliphatic rings. The molecule has 0 bridgehead atoms. The zero-order chi connectivity index (χ0) is 47.9. The van der Waals surface area contributed by atoms with E-state index in [1.165, 1.54) is 22.3 Å². The highest BCUT2D eigenvalue weighted by molar-refractivity contribution is 6.28. The molecular formula is C67H40N4O. The van der Waals surface area contributed by atoms with Crippen LogP contribution in [0.3, 0.4) is 0 Å². The van der Waals surface area contributed by atoms with Crippen LogP contribution in [0.4, 0.5) is 34.1 Å². The summed E-state index contributed by atoms with van der Waals surface area (Å²) in [6.07, 6.45) is 0.795. The zero-order valence-electron chi connectivity index (χ0n) is 38.8. The first-order valence-corrected chi connectivity index (χ1v) is 24.2. The fourth-order valence-corrected chi connectivity index (χ4v) is 11.4. The molecule has 0 radical (unpaired) electrons. The second kappa shape index (κ2) is 16.4. The van der Waals surface area contributed by atoms with Gasteiger partial charge in [-0.2, -0.15) is 10.5 Å². The van der Waals surface area contributed by atoms with Gasteiger partial charge in [0.05, 0.1) is 46.0 Å². The van der Waals surface area contributed by atoms with Gasteiger partial charge in [0.1, 0.15) is 5.58 Å². The fourth-order valence-electron chi connectivity index (χ4n) is 11.4. The number of nitriles is 2. The van der Waals surface area contributed by atoms with E-state index >= 15 is 0 Å². The van der Waals surface area contributed by atoms with Gasteiger partial charge in [-0.1, -0.05) is 164 Å². The molecule has 0 unspecified atom stereocenters. The number of para-hydroxylation sites is 2. The molecule has 0 aliphatic heterocycles. The highest BCUT2D eigenvalue weighted by Gasteiger charge is 2.28. The Kier molecular flexibility index (Phi) is 9.33.